The van der Waals surface area contributed by atoms with E-state index in [1.54, 1.807) is 4.68 Å². The summed E-state index contributed by atoms with van der Waals surface area (Å²) in [6.07, 6.45) is 4.47. The molecule has 0 radical (unpaired) electrons. The Kier molecular flexibility index (Phi) is 4.14. The summed E-state index contributed by atoms with van der Waals surface area (Å²) in [7, 11) is 1.91. The van der Waals surface area contributed by atoms with Gasteiger partial charge in [-0.15, -0.1) is 0 Å². The first-order chi connectivity index (χ1) is 6.76. The van der Waals surface area contributed by atoms with Crippen molar-refractivity contribution >= 4 is 0 Å². The van der Waals surface area contributed by atoms with E-state index in [0.29, 0.717) is 6.42 Å². The van der Waals surface area contributed by atoms with Crippen molar-refractivity contribution in [3.8, 4) is 6.07 Å². The minimum absolute atomic E-state index is 0.591. The van der Waals surface area contributed by atoms with Gasteiger partial charge in [0.2, 0.25) is 0 Å². The average Bonchev–Trinajstić information content (AvgIpc) is 2.58. The zero-order valence-corrected chi connectivity index (χ0v) is 8.77. The molecule has 14 heavy (non-hydrogen) atoms. The van der Waals surface area contributed by atoms with Gasteiger partial charge in [0.05, 0.1) is 12.3 Å². The molecule has 0 spiro atoms. The van der Waals surface area contributed by atoms with E-state index in [0.717, 1.165) is 19.6 Å². The predicted octanol–water partition coefficient (Wildman–Crippen LogP) is 1.16. The molecule has 0 N–H and O–H groups in total. The standard InChI is InChI=1S/C10H16N4/c1-3-14(6-4-5-11)9-10-7-12-13(2)8-10/h7-8H,3-4,6,9H2,1-2H3. The summed E-state index contributed by atoms with van der Waals surface area (Å²) in [5.41, 5.74) is 1.20. The van der Waals surface area contributed by atoms with Crippen LogP contribution in [0.15, 0.2) is 12.4 Å². The molecule has 0 atom stereocenters. The van der Waals surface area contributed by atoms with Crippen molar-refractivity contribution in [1.29, 1.82) is 5.26 Å². The molecular formula is C10H16N4. The highest BCUT2D eigenvalue weighted by molar-refractivity contribution is 5.03. The van der Waals surface area contributed by atoms with Gasteiger partial charge in [-0.25, -0.2) is 0 Å². The SMILES string of the molecule is CCN(CCC#N)Cc1cnn(C)c1. The monoisotopic (exact) mass is 192 g/mol. The van der Waals surface area contributed by atoms with Crippen LogP contribution in [0.2, 0.25) is 0 Å². The van der Waals surface area contributed by atoms with Crippen LogP contribution in [0.1, 0.15) is 18.9 Å². The molecule has 1 rings (SSSR count). The van der Waals surface area contributed by atoms with Crippen molar-refractivity contribution in [2.45, 2.75) is 19.9 Å². The number of nitriles is 1. The molecule has 1 aromatic heterocycles. The van der Waals surface area contributed by atoms with Gasteiger partial charge in [0, 0.05) is 38.3 Å². The molecule has 0 aliphatic rings. The van der Waals surface area contributed by atoms with Crippen LogP contribution < -0.4 is 0 Å². The van der Waals surface area contributed by atoms with E-state index in [1.807, 2.05) is 19.4 Å². The molecule has 0 saturated carbocycles. The number of aryl methyl sites for hydroxylation is 1. The first-order valence-corrected chi connectivity index (χ1v) is 4.83. The van der Waals surface area contributed by atoms with Crippen molar-refractivity contribution in [3.05, 3.63) is 18.0 Å². The zero-order chi connectivity index (χ0) is 10.4. The highest BCUT2D eigenvalue weighted by Gasteiger charge is 2.04. The highest BCUT2D eigenvalue weighted by Crippen LogP contribution is 2.03. The summed E-state index contributed by atoms with van der Waals surface area (Å²) in [6.45, 7) is 4.79. The lowest BCUT2D eigenvalue weighted by atomic mass is 10.3. The molecule has 1 heterocycles. The second kappa shape index (κ2) is 5.40. The van der Waals surface area contributed by atoms with Crippen LogP contribution >= 0.6 is 0 Å². The van der Waals surface area contributed by atoms with Gasteiger partial charge in [-0.05, 0) is 6.54 Å². The summed E-state index contributed by atoms with van der Waals surface area (Å²) >= 11 is 0. The Balaban J connectivity index is 2.44. The normalized spacial score (nSPS) is 10.4. The minimum atomic E-state index is 0.591. The fourth-order valence-corrected chi connectivity index (χ4v) is 1.37. The maximum atomic E-state index is 8.49. The summed E-state index contributed by atoms with van der Waals surface area (Å²) in [6, 6.07) is 2.16. The number of aromatic nitrogens is 2. The summed E-state index contributed by atoms with van der Waals surface area (Å²) in [4.78, 5) is 2.24. The molecule has 4 nitrogen and oxygen atoms in total. The van der Waals surface area contributed by atoms with Crippen molar-refractivity contribution in [3.63, 3.8) is 0 Å². The molecule has 0 amide bonds. The van der Waals surface area contributed by atoms with Crippen LogP contribution in [0.5, 0.6) is 0 Å². The first kappa shape index (κ1) is 10.7. The second-order valence-corrected chi connectivity index (χ2v) is 3.30. The molecule has 0 aliphatic heterocycles. The van der Waals surface area contributed by atoms with Gasteiger partial charge >= 0.3 is 0 Å². The van der Waals surface area contributed by atoms with Gasteiger partial charge < -0.3 is 0 Å². The fourth-order valence-electron chi connectivity index (χ4n) is 1.37. The Bertz CT molecular complexity index is 310. The average molecular weight is 192 g/mol. The van der Waals surface area contributed by atoms with Crippen LogP contribution in [0, 0.1) is 11.3 Å². The molecule has 0 aromatic carbocycles. The Morgan fingerprint density at radius 1 is 1.64 bits per heavy atom. The molecule has 0 bridgehead atoms. The molecule has 1 aromatic rings. The van der Waals surface area contributed by atoms with Crippen molar-refractivity contribution in [2.75, 3.05) is 13.1 Å². The second-order valence-electron chi connectivity index (χ2n) is 3.30. The van der Waals surface area contributed by atoms with Gasteiger partial charge in [-0.3, -0.25) is 9.58 Å². The van der Waals surface area contributed by atoms with E-state index in [4.69, 9.17) is 5.26 Å². The summed E-state index contributed by atoms with van der Waals surface area (Å²) in [5.74, 6) is 0. The van der Waals surface area contributed by atoms with Crippen LogP contribution in [0.4, 0.5) is 0 Å². The van der Waals surface area contributed by atoms with E-state index in [1.165, 1.54) is 5.56 Å². The summed E-state index contributed by atoms with van der Waals surface area (Å²) in [5, 5.41) is 12.6. The molecule has 0 aliphatic carbocycles. The third kappa shape index (κ3) is 3.19. The molecule has 0 fully saturated rings. The van der Waals surface area contributed by atoms with Crippen LogP contribution in [-0.2, 0) is 13.6 Å². The number of nitrogens with zero attached hydrogens (tertiary/aromatic N) is 4. The minimum Gasteiger partial charge on any atom is -0.298 e. The third-order valence-electron chi connectivity index (χ3n) is 2.15. The lowest BCUT2D eigenvalue weighted by Gasteiger charge is -2.17. The van der Waals surface area contributed by atoms with Crippen molar-refractivity contribution < 1.29 is 0 Å². The first-order valence-electron chi connectivity index (χ1n) is 4.83. The zero-order valence-electron chi connectivity index (χ0n) is 8.77. The highest BCUT2D eigenvalue weighted by atomic mass is 15.2. The molecule has 4 heteroatoms. The van der Waals surface area contributed by atoms with Crippen molar-refractivity contribution in [2.24, 2.45) is 7.05 Å². The van der Waals surface area contributed by atoms with Gasteiger partial charge in [0.1, 0.15) is 0 Å². The third-order valence-corrected chi connectivity index (χ3v) is 2.15. The van der Waals surface area contributed by atoms with E-state index >= 15 is 0 Å². The van der Waals surface area contributed by atoms with E-state index in [2.05, 4.69) is 23.0 Å². The topological polar surface area (TPSA) is 44.9 Å². The fraction of sp³-hybridized carbons (Fsp3) is 0.600. The lowest BCUT2D eigenvalue weighted by molar-refractivity contribution is 0.286. The Hall–Kier alpha value is -1.34. The smallest absolute Gasteiger partial charge is 0.0635 e. The van der Waals surface area contributed by atoms with Gasteiger partial charge in [-0.2, -0.15) is 10.4 Å². The van der Waals surface area contributed by atoms with E-state index < -0.39 is 0 Å². The molecule has 76 valence electrons. The van der Waals surface area contributed by atoms with Gasteiger partial charge in [-0.1, -0.05) is 6.92 Å². The summed E-state index contributed by atoms with van der Waals surface area (Å²) < 4.78 is 1.80. The number of hydrogen-bond acceptors (Lipinski definition) is 3. The Morgan fingerprint density at radius 2 is 2.43 bits per heavy atom. The van der Waals surface area contributed by atoms with Gasteiger partial charge in [0.15, 0.2) is 0 Å². The van der Waals surface area contributed by atoms with E-state index in [-0.39, 0.29) is 0 Å². The van der Waals surface area contributed by atoms with Crippen LogP contribution in [0.3, 0.4) is 0 Å². The maximum absolute atomic E-state index is 8.49. The van der Waals surface area contributed by atoms with Crippen LogP contribution in [0.25, 0.3) is 0 Å². The number of hydrogen-bond donors (Lipinski definition) is 0. The van der Waals surface area contributed by atoms with Crippen LogP contribution in [-0.4, -0.2) is 27.8 Å². The van der Waals surface area contributed by atoms with Gasteiger partial charge in [0.25, 0.3) is 0 Å². The number of rotatable bonds is 5. The lowest BCUT2D eigenvalue weighted by Crippen LogP contribution is -2.23. The largest absolute Gasteiger partial charge is 0.298 e. The Labute approximate surface area is 84.7 Å². The van der Waals surface area contributed by atoms with E-state index in [9.17, 15) is 0 Å². The Morgan fingerprint density at radius 3 is 2.93 bits per heavy atom. The molecular weight excluding hydrogens is 176 g/mol. The molecule has 0 saturated heterocycles. The molecule has 0 unspecified atom stereocenters. The maximum Gasteiger partial charge on any atom is 0.0635 e. The quantitative estimate of drug-likeness (QED) is 0.703. The van der Waals surface area contributed by atoms with Crippen molar-refractivity contribution in [1.82, 2.24) is 14.7 Å². The predicted molar refractivity (Wildman–Crippen MR) is 54.4 cm³/mol.